The Balaban J connectivity index is 1.61. The summed E-state index contributed by atoms with van der Waals surface area (Å²) in [6, 6.07) is 12.8. The quantitative estimate of drug-likeness (QED) is 0.522. The van der Waals surface area contributed by atoms with E-state index < -0.39 is 11.8 Å². The molecule has 6 nitrogen and oxygen atoms in total. The molecule has 0 aliphatic rings. The van der Waals surface area contributed by atoms with Crippen LogP contribution in [0.25, 0.3) is 11.7 Å². The summed E-state index contributed by atoms with van der Waals surface area (Å²) in [6.45, 7) is 6.31. The van der Waals surface area contributed by atoms with E-state index in [1.807, 2.05) is 30.3 Å². The Kier molecular flexibility index (Phi) is 5.51. The number of benzene rings is 1. The third-order valence-electron chi connectivity index (χ3n) is 4.23. The van der Waals surface area contributed by atoms with E-state index in [1.54, 1.807) is 28.8 Å². The minimum Gasteiger partial charge on any atom is -0.299 e. The lowest BCUT2D eigenvalue weighted by molar-refractivity contribution is -0.117. The molecule has 0 bridgehead atoms. The fourth-order valence-corrected chi connectivity index (χ4v) is 2.88. The molecule has 144 valence electrons. The van der Waals surface area contributed by atoms with Crippen molar-refractivity contribution in [3.05, 3.63) is 76.7 Å². The summed E-state index contributed by atoms with van der Waals surface area (Å²) in [4.78, 5) is 28.4. The van der Waals surface area contributed by atoms with Crippen LogP contribution in [0.4, 0.5) is 0 Å². The van der Waals surface area contributed by atoms with Crippen molar-refractivity contribution >= 4 is 35.1 Å². The van der Waals surface area contributed by atoms with Crippen LogP contribution < -0.4 is 10.9 Å². The molecule has 0 fully saturated rings. The molecule has 2 amide bonds. The maximum atomic E-state index is 12.2. The van der Waals surface area contributed by atoms with Gasteiger partial charge in [0.1, 0.15) is 5.65 Å². The van der Waals surface area contributed by atoms with Gasteiger partial charge >= 0.3 is 0 Å². The number of fused-ring (bicyclic) bond motifs is 1. The Morgan fingerprint density at radius 2 is 1.79 bits per heavy atom. The van der Waals surface area contributed by atoms with Crippen LogP contribution in [-0.4, -0.2) is 21.2 Å². The molecule has 2 heterocycles. The monoisotopic (exact) mass is 396 g/mol. The second kappa shape index (κ2) is 7.86. The highest BCUT2D eigenvalue weighted by Gasteiger charge is 2.14. The minimum atomic E-state index is -0.485. The van der Waals surface area contributed by atoms with E-state index in [-0.39, 0.29) is 5.41 Å². The van der Waals surface area contributed by atoms with Gasteiger partial charge < -0.3 is 0 Å². The molecule has 0 aliphatic carbocycles. The zero-order chi connectivity index (χ0) is 20.3. The fourth-order valence-electron chi connectivity index (χ4n) is 2.64. The molecule has 0 saturated heterocycles. The highest BCUT2D eigenvalue weighted by molar-refractivity contribution is 6.31. The van der Waals surface area contributed by atoms with Crippen LogP contribution >= 0.6 is 11.6 Å². The molecular weight excluding hydrogens is 376 g/mol. The van der Waals surface area contributed by atoms with E-state index in [2.05, 4.69) is 36.6 Å². The van der Waals surface area contributed by atoms with E-state index in [1.165, 1.54) is 6.08 Å². The van der Waals surface area contributed by atoms with Gasteiger partial charge in [0.15, 0.2) is 5.15 Å². The summed E-state index contributed by atoms with van der Waals surface area (Å²) in [5.41, 5.74) is 7.60. The number of imidazole rings is 1. The summed E-state index contributed by atoms with van der Waals surface area (Å²) in [6.07, 6.45) is 4.63. The zero-order valence-corrected chi connectivity index (χ0v) is 16.6. The van der Waals surface area contributed by atoms with Gasteiger partial charge in [-0.1, -0.05) is 50.6 Å². The average molecular weight is 397 g/mol. The Morgan fingerprint density at radius 1 is 1.07 bits per heavy atom. The first-order chi connectivity index (χ1) is 13.3. The van der Waals surface area contributed by atoms with Crippen molar-refractivity contribution in [2.75, 3.05) is 0 Å². The van der Waals surface area contributed by atoms with Crippen molar-refractivity contribution < 1.29 is 9.59 Å². The first kappa shape index (κ1) is 19.6. The average Bonchev–Trinajstić information content (AvgIpc) is 2.99. The van der Waals surface area contributed by atoms with Crippen molar-refractivity contribution in [3.63, 3.8) is 0 Å². The van der Waals surface area contributed by atoms with Crippen LogP contribution in [0.3, 0.4) is 0 Å². The number of nitrogens with zero attached hydrogens (tertiary/aromatic N) is 2. The molecule has 3 rings (SSSR count). The van der Waals surface area contributed by atoms with Crippen LogP contribution in [-0.2, 0) is 10.2 Å². The lowest BCUT2D eigenvalue weighted by atomic mass is 9.87. The van der Waals surface area contributed by atoms with Crippen molar-refractivity contribution in [1.82, 2.24) is 20.2 Å². The molecule has 0 unspecified atom stereocenters. The number of hydrazine groups is 1. The van der Waals surface area contributed by atoms with Crippen LogP contribution in [0.5, 0.6) is 0 Å². The summed E-state index contributed by atoms with van der Waals surface area (Å²) in [5.74, 6) is -0.878. The van der Waals surface area contributed by atoms with E-state index >= 15 is 0 Å². The van der Waals surface area contributed by atoms with Gasteiger partial charge in [-0.2, -0.15) is 0 Å². The Hall–Kier alpha value is -3.12. The summed E-state index contributed by atoms with van der Waals surface area (Å²) in [7, 11) is 0. The SMILES string of the molecule is CC(C)(C)c1ccc(C(=O)NNC(=O)/C=C/c2c(Cl)nc3ccccn23)cc1. The number of hydrogen-bond donors (Lipinski definition) is 2. The number of carbonyl (C=O) groups is 2. The maximum Gasteiger partial charge on any atom is 0.269 e. The number of carbonyl (C=O) groups excluding carboxylic acids is 2. The molecule has 28 heavy (non-hydrogen) atoms. The third kappa shape index (κ3) is 4.40. The van der Waals surface area contributed by atoms with Gasteiger partial charge in [0.05, 0.1) is 5.69 Å². The summed E-state index contributed by atoms with van der Waals surface area (Å²) < 4.78 is 1.77. The molecular formula is C21H21ClN4O2. The van der Waals surface area contributed by atoms with E-state index in [0.717, 1.165) is 5.56 Å². The second-order valence-corrected chi connectivity index (χ2v) is 7.68. The van der Waals surface area contributed by atoms with Gasteiger partial charge in [-0.15, -0.1) is 0 Å². The number of aromatic nitrogens is 2. The normalized spacial score (nSPS) is 11.7. The molecule has 3 aromatic rings. The topological polar surface area (TPSA) is 75.5 Å². The highest BCUT2D eigenvalue weighted by atomic mass is 35.5. The lowest BCUT2D eigenvalue weighted by Gasteiger charge is -2.19. The van der Waals surface area contributed by atoms with Crippen LogP contribution in [0, 0.1) is 0 Å². The van der Waals surface area contributed by atoms with E-state index in [9.17, 15) is 9.59 Å². The van der Waals surface area contributed by atoms with Gasteiger partial charge in [-0.3, -0.25) is 24.8 Å². The van der Waals surface area contributed by atoms with Crippen molar-refractivity contribution in [1.29, 1.82) is 0 Å². The van der Waals surface area contributed by atoms with Gasteiger partial charge in [0, 0.05) is 17.8 Å². The molecule has 1 aromatic carbocycles. The summed E-state index contributed by atoms with van der Waals surface area (Å²) in [5, 5.41) is 0.290. The van der Waals surface area contributed by atoms with Crippen LogP contribution in [0.15, 0.2) is 54.7 Å². The molecule has 2 aromatic heterocycles. The molecule has 2 N–H and O–H groups in total. The Labute approximate surface area is 168 Å². The predicted molar refractivity (Wildman–Crippen MR) is 110 cm³/mol. The van der Waals surface area contributed by atoms with Crippen molar-refractivity contribution in [2.24, 2.45) is 0 Å². The molecule has 7 heteroatoms. The molecule has 0 aliphatic heterocycles. The Bertz CT molecular complexity index is 1050. The maximum absolute atomic E-state index is 12.2. The molecule has 0 saturated carbocycles. The third-order valence-corrected chi connectivity index (χ3v) is 4.51. The van der Waals surface area contributed by atoms with E-state index in [4.69, 9.17) is 11.6 Å². The first-order valence-corrected chi connectivity index (χ1v) is 9.15. The number of hydrogen-bond acceptors (Lipinski definition) is 3. The molecule has 0 atom stereocenters. The number of halogens is 1. The highest BCUT2D eigenvalue weighted by Crippen LogP contribution is 2.22. The van der Waals surface area contributed by atoms with Gasteiger partial charge in [0.2, 0.25) is 0 Å². The van der Waals surface area contributed by atoms with Crippen molar-refractivity contribution in [3.8, 4) is 0 Å². The summed E-state index contributed by atoms with van der Waals surface area (Å²) >= 11 is 6.12. The van der Waals surface area contributed by atoms with Crippen LogP contribution in [0.2, 0.25) is 5.15 Å². The predicted octanol–water partition coefficient (Wildman–Crippen LogP) is 3.76. The molecule has 0 spiro atoms. The largest absolute Gasteiger partial charge is 0.299 e. The smallest absolute Gasteiger partial charge is 0.269 e. The van der Waals surface area contributed by atoms with Gasteiger partial charge in [0.25, 0.3) is 11.8 Å². The lowest BCUT2D eigenvalue weighted by Crippen LogP contribution is -2.40. The van der Waals surface area contributed by atoms with E-state index in [0.29, 0.717) is 22.1 Å². The molecule has 0 radical (unpaired) electrons. The zero-order valence-electron chi connectivity index (χ0n) is 15.9. The Morgan fingerprint density at radius 3 is 2.46 bits per heavy atom. The number of nitrogens with one attached hydrogen (secondary N) is 2. The fraction of sp³-hybridized carbons (Fsp3) is 0.190. The minimum absolute atomic E-state index is 0.00707. The first-order valence-electron chi connectivity index (χ1n) is 8.77. The van der Waals surface area contributed by atoms with Crippen molar-refractivity contribution in [2.45, 2.75) is 26.2 Å². The van der Waals surface area contributed by atoms with Gasteiger partial charge in [-0.25, -0.2) is 4.98 Å². The second-order valence-electron chi connectivity index (χ2n) is 7.32. The number of rotatable bonds is 3. The standard InChI is InChI=1S/C21H21ClN4O2/c1-21(2,3)15-9-7-14(8-10-15)20(28)25-24-18(27)12-11-16-19(22)23-17-6-4-5-13-26(16)17/h4-13H,1-3H3,(H,24,27)(H,25,28)/b12-11+. The van der Waals surface area contributed by atoms with Gasteiger partial charge in [-0.05, 0) is 41.3 Å². The number of amides is 2. The van der Waals surface area contributed by atoms with Crippen LogP contribution in [0.1, 0.15) is 42.4 Å². The number of pyridine rings is 1.